The molecule has 13 heavy (non-hydrogen) atoms. The van der Waals surface area contributed by atoms with Crippen molar-refractivity contribution in [2.45, 2.75) is 26.8 Å². The summed E-state index contributed by atoms with van der Waals surface area (Å²) in [5.74, 6) is 1.30. The third-order valence-corrected chi connectivity index (χ3v) is 1.88. The van der Waals surface area contributed by atoms with Crippen LogP contribution in [-0.4, -0.2) is 17.1 Å². The first kappa shape index (κ1) is 9.92. The number of ether oxygens (including phenoxy) is 1. The summed E-state index contributed by atoms with van der Waals surface area (Å²) in [6.45, 7) is 5.64. The highest BCUT2D eigenvalue weighted by Gasteiger charge is 2.11. The summed E-state index contributed by atoms with van der Waals surface area (Å²) in [6.07, 6.45) is 0. The van der Waals surface area contributed by atoms with Gasteiger partial charge in [0.05, 0.1) is 12.8 Å². The van der Waals surface area contributed by atoms with E-state index in [2.05, 4.69) is 9.97 Å². The molecular formula is C9H15N3O. The Hall–Kier alpha value is -1.16. The largest absolute Gasteiger partial charge is 0.481 e. The Balaban J connectivity index is 3.27. The minimum Gasteiger partial charge on any atom is -0.481 e. The molecule has 2 N–H and O–H groups in total. The predicted octanol–water partition coefficient (Wildman–Crippen LogP) is 1.12. The molecule has 1 rings (SSSR count). The van der Waals surface area contributed by atoms with Crippen molar-refractivity contribution in [2.75, 3.05) is 7.11 Å². The SMILES string of the molecule is COc1nc(C)nc([C@H](C)N)c1C. The van der Waals surface area contributed by atoms with E-state index in [1.54, 1.807) is 7.11 Å². The van der Waals surface area contributed by atoms with Crippen LogP contribution in [0, 0.1) is 13.8 Å². The highest BCUT2D eigenvalue weighted by Crippen LogP contribution is 2.20. The summed E-state index contributed by atoms with van der Waals surface area (Å²) in [4.78, 5) is 8.41. The number of hydrogen-bond acceptors (Lipinski definition) is 4. The monoisotopic (exact) mass is 181 g/mol. The van der Waals surface area contributed by atoms with Crippen LogP contribution in [0.3, 0.4) is 0 Å². The average Bonchev–Trinajstić information content (AvgIpc) is 2.08. The van der Waals surface area contributed by atoms with Crippen LogP contribution >= 0.6 is 0 Å². The first-order valence-electron chi connectivity index (χ1n) is 4.21. The molecule has 0 aliphatic rings. The number of aryl methyl sites for hydroxylation is 1. The average molecular weight is 181 g/mol. The van der Waals surface area contributed by atoms with Crippen LogP contribution in [0.15, 0.2) is 0 Å². The van der Waals surface area contributed by atoms with E-state index in [4.69, 9.17) is 10.5 Å². The second-order valence-corrected chi connectivity index (χ2v) is 3.08. The second-order valence-electron chi connectivity index (χ2n) is 3.08. The maximum atomic E-state index is 5.76. The van der Waals surface area contributed by atoms with Crippen LogP contribution in [0.1, 0.15) is 30.0 Å². The Kier molecular flexibility index (Phi) is 2.83. The quantitative estimate of drug-likeness (QED) is 0.742. The molecule has 0 bridgehead atoms. The summed E-state index contributed by atoms with van der Waals surface area (Å²) >= 11 is 0. The zero-order valence-electron chi connectivity index (χ0n) is 8.46. The Bertz CT molecular complexity index is 310. The van der Waals surface area contributed by atoms with Crippen LogP contribution in [0.25, 0.3) is 0 Å². The summed E-state index contributed by atoms with van der Waals surface area (Å²) in [6, 6.07) is -0.0874. The third-order valence-electron chi connectivity index (χ3n) is 1.88. The maximum absolute atomic E-state index is 5.76. The fourth-order valence-corrected chi connectivity index (χ4v) is 1.27. The molecular weight excluding hydrogens is 166 g/mol. The number of nitrogens with zero attached hydrogens (tertiary/aromatic N) is 2. The molecule has 0 saturated heterocycles. The molecule has 0 aliphatic heterocycles. The topological polar surface area (TPSA) is 61.0 Å². The normalized spacial score (nSPS) is 12.7. The molecule has 0 aliphatic carbocycles. The van der Waals surface area contributed by atoms with Crippen LogP contribution in [0.2, 0.25) is 0 Å². The van der Waals surface area contributed by atoms with Gasteiger partial charge in [-0.3, -0.25) is 0 Å². The van der Waals surface area contributed by atoms with Crippen LogP contribution in [0.4, 0.5) is 0 Å². The predicted molar refractivity (Wildman–Crippen MR) is 50.7 cm³/mol. The van der Waals surface area contributed by atoms with Crippen molar-refractivity contribution in [2.24, 2.45) is 5.73 Å². The first-order chi connectivity index (χ1) is 6.06. The standard InChI is InChI=1S/C9H15N3O/c1-5-8(6(2)10)11-7(3)12-9(5)13-4/h6H,10H2,1-4H3/t6-/m0/s1. The first-order valence-corrected chi connectivity index (χ1v) is 4.21. The van der Waals surface area contributed by atoms with E-state index < -0.39 is 0 Å². The van der Waals surface area contributed by atoms with Gasteiger partial charge in [-0.25, -0.2) is 4.98 Å². The molecule has 0 amide bonds. The number of rotatable bonds is 2. The van der Waals surface area contributed by atoms with Gasteiger partial charge in [-0.2, -0.15) is 4.98 Å². The summed E-state index contributed by atoms with van der Waals surface area (Å²) in [5.41, 5.74) is 7.53. The van der Waals surface area contributed by atoms with Gasteiger partial charge >= 0.3 is 0 Å². The van der Waals surface area contributed by atoms with E-state index in [-0.39, 0.29) is 6.04 Å². The molecule has 1 aromatic rings. The maximum Gasteiger partial charge on any atom is 0.219 e. The van der Waals surface area contributed by atoms with Crippen molar-refractivity contribution in [1.29, 1.82) is 0 Å². The van der Waals surface area contributed by atoms with Gasteiger partial charge in [0, 0.05) is 11.6 Å². The van der Waals surface area contributed by atoms with E-state index in [0.29, 0.717) is 11.7 Å². The molecule has 4 heteroatoms. The third kappa shape index (κ3) is 1.95. The van der Waals surface area contributed by atoms with Gasteiger partial charge in [0.1, 0.15) is 5.82 Å². The van der Waals surface area contributed by atoms with Gasteiger partial charge in [-0.15, -0.1) is 0 Å². The van der Waals surface area contributed by atoms with Crippen molar-refractivity contribution in [1.82, 2.24) is 9.97 Å². The zero-order chi connectivity index (χ0) is 10.0. The summed E-state index contributed by atoms with van der Waals surface area (Å²) in [7, 11) is 1.60. The fourth-order valence-electron chi connectivity index (χ4n) is 1.27. The van der Waals surface area contributed by atoms with Gasteiger partial charge in [0.15, 0.2) is 0 Å². The second kappa shape index (κ2) is 3.70. The Morgan fingerprint density at radius 3 is 2.38 bits per heavy atom. The molecule has 1 heterocycles. The molecule has 0 saturated carbocycles. The van der Waals surface area contributed by atoms with Crippen LogP contribution in [-0.2, 0) is 0 Å². The molecule has 0 aromatic carbocycles. The fraction of sp³-hybridized carbons (Fsp3) is 0.556. The number of hydrogen-bond donors (Lipinski definition) is 1. The van der Waals surface area contributed by atoms with Crippen molar-refractivity contribution in [3.8, 4) is 5.88 Å². The van der Waals surface area contributed by atoms with Gasteiger partial charge in [0.2, 0.25) is 5.88 Å². The van der Waals surface area contributed by atoms with Gasteiger partial charge in [-0.1, -0.05) is 0 Å². The molecule has 0 spiro atoms. The zero-order valence-corrected chi connectivity index (χ0v) is 8.46. The summed E-state index contributed by atoms with van der Waals surface area (Å²) < 4.78 is 5.11. The molecule has 0 unspecified atom stereocenters. The lowest BCUT2D eigenvalue weighted by Gasteiger charge is -2.12. The van der Waals surface area contributed by atoms with E-state index in [0.717, 1.165) is 11.3 Å². The van der Waals surface area contributed by atoms with Crippen molar-refractivity contribution < 1.29 is 4.74 Å². The van der Waals surface area contributed by atoms with E-state index in [1.807, 2.05) is 20.8 Å². The minimum atomic E-state index is -0.0874. The van der Waals surface area contributed by atoms with E-state index >= 15 is 0 Å². The number of methoxy groups -OCH3 is 1. The number of nitrogens with two attached hydrogens (primary N) is 1. The highest BCUT2D eigenvalue weighted by molar-refractivity contribution is 5.30. The van der Waals surface area contributed by atoms with Crippen LogP contribution < -0.4 is 10.5 Å². The van der Waals surface area contributed by atoms with Crippen molar-refractivity contribution in [3.63, 3.8) is 0 Å². The highest BCUT2D eigenvalue weighted by atomic mass is 16.5. The molecule has 1 atom stereocenters. The molecule has 0 fully saturated rings. The Morgan fingerprint density at radius 2 is 1.92 bits per heavy atom. The van der Waals surface area contributed by atoms with E-state index in [1.165, 1.54) is 0 Å². The van der Waals surface area contributed by atoms with Crippen molar-refractivity contribution in [3.05, 3.63) is 17.1 Å². The molecule has 72 valence electrons. The van der Waals surface area contributed by atoms with Crippen molar-refractivity contribution >= 4 is 0 Å². The lowest BCUT2D eigenvalue weighted by molar-refractivity contribution is 0.390. The Morgan fingerprint density at radius 1 is 1.31 bits per heavy atom. The van der Waals surface area contributed by atoms with Gasteiger partial charge < -0.3 is 10.5 Å². The molecule has 1 aromatic heterocycles. The minimum absolute atomic E-state index is 0.0874. The molecule has 4 nitrogen and oxygen atoms in total. The van der Waals surface area contributed by atoms with Gasteiger partial charge in [-0.05, 0) is 20.8 Å². The summed E-state index contributed by atoms with van der Waals surface area (Å²) in [5, 5.41) is 0. The van der Waals surface area contributed by atoms with Crippen LogP contribution in [0.5, 0.6) is 5.88 Å². The lowest BCUT2D eigenvalue weighted by atomic mass is 10.1. The van der Waals surface area contributed by atoms with E-state index in [9.17, 15) is 0 Å². The lowest BCUT2D eigenvalue weighted by Crippen LogP contribution is -2.12. The number of aromatic nitrogens is 2. The van der Waals surface area contributed by atoms with Gasteiger partial charge in [0.25, 0.3) is 0 Å². The molecule has 0 radical (unpaired) electrons. The Labute approximate surface area is 78.1 Å². The smallest absolute Gasteiger partial charge is 0.219 e.